The number of nitro groups is 1. The Hall–Kier alpha value is -4.32. The number of nitrogens with one attached hydrogen (secondary N) is 2. The van der Waals surface area contributed by atoms with Crippen molar-refractivity contribution in [2.45, 2.75) is 4.90 Å². The van der Waals surface area contributed by atoms with E-state index < -0.39 is 28.5 Å². The molecule has 0 aliphatic rings. The fraction of sp³-hybridized carbons (Fsp3) is 0.0476. The third-order valence-corrected chi connectivity index (χ3v) is 5.26. The molecule has 33 heavy (non-hydrogen) atoms. The van der Waals surface area contributed by atoms with Crippen molar-refractivity contribution in [2.24, 2.45) is 5.73 Å². The number of pyridine rings is 1. The van der Waals surface area contributed by atoms with E-state index in [0.29, 0.717) is 0 Å². The number of amides is 3. The lowest BCUT2D eigenvalue weighted by Crippen LogP contribution is -2.18. The maximum absolute atomic E-state index is 13.8. The summed E-state index contributed by atoms with van der Waals surface area (Å²) in [6.45, 7) is 0. The summed E-state index contributed by atoms with van der Waals surface area (Å²) in [4.78, 5) is 50.7. The number of hydrogen-bond acceptors (Lipinski definition) is 7. The van der Waals surface area contributed by atoms with Crippen LogP contribution < -0.4 is 16.4 Å². The van der Waals surface area contributed by atoms with Gasteiger partial charge in [-0.2, -0.15) is 0 Å². The minimum Gasteiger partial charge on any atom is -0.366 e. The molecule has 0 aliphatic carbocycles. The highest BCUT2D eigenvalue weighted by molar-refractivity contribution is 8.00. The van der Waals surface area contributed by atoms with Crippen LogP contribution in [0.5, 0.6) is 0 Å². The quantitative estimate of drug-likeness (QED) is 0.260. The van der Waals surface area contributed by atoms with Crippen molar-refractivity contribution in [3.8, 4) is 0 Å². The van der Waals surface area contributed by atoms with Gasteiger partial charge >= 0.3 is 0 Å². The molecule has 3 aromatic rings. The summed E-state index contributed by atoms with van der Waals surface area (Å²) in [6.07, 6.45) is 1.44. The molecule has 0 saturated carbocycles. The van der Waals surface area contributed by atoms with Crippen LogP contribution in [0.2, 0.25) is 0 Å². The van der Waals surface area contributed by atoms with Gasteiger partial charge in [-0.15, -0.1) is 11.8 Å². The Morgan fingerprint density at radius 1 is 1.06 bits per heavy atom. The van der Waals surface area contributed by atoms with Gasteiger partial charge < -0.3 is 16.4 Å². The first-order valence-corrected chi connectivity index (χ1v) is 10.3. The molecule has 168 valence electrons. The molecule has 0 bridgehead atoms. The average Bonchev–Trinajstić information content (AvgIpc) is 2.79. The number of nitrogens with zero attached hydrogens (tertiary/aromatic N) is 2. The number of carbonyl (C=O) groups excluding carboxylic acids is 3. The first-order valence-electron chi connectivity index (χ1n) is 9.27. The van der Waals surface area contributed by atoms with Gasteiger partial charge in [0.15, 0.2) is 0 Å². The molecule has 3 rings (SSSR count). The number of halogens is 1. The van der Waals surface area contributed by atoms with Crippen molar-refractivity contribution >= 4 is 46.5 Å². The van der Waals surface area contributed by atoms with E-state index in [0.717, 1.165) is 30.0 Å². The maximum Gasteiger partial charge on any atom is 0.283 e. The maximum atomic E-state index is 13.8. The van der Waals surface area contributed by atoms with Crippen LogP contribution in [0.25, 0.3) is 0 Å². The van der Waals surface area contributed by atoms with Crippen LogP contribution in [-0.4, -0.2) is 33.4 Å². The molecule has 4 N–H and O–H groups in total. The standard InChI is InChI=1S/C21H16FN5O5S/c22-13-5-6-14(26-21(30)15-3-1-2-8-24-15)16(10-13)25-19(28)11-33-18-7-4-12(20(23)29)9-17(18)27(31)32/h1-10H,11H2,(H2,23,29)(H,25,28)(H,26,30). The second kappa shape index (κ2) is 10.3. The van der Waals surface area contributed by atoms with Gasteiger partial charge in [0.2, 0.25) is 11.8 Å². The number of primary amides is 1. The molecule has 1 heterocycles. The van der Waals surface area contributed by atoms with E-state index in [1.807, 2.05) is 0 Å². The number of hydrogen-bond donors (Lipinski definition) is 3. The van der Waals surface area contributed by atoms with E-state index in [2.05, 4.69) is 15.6 Å². The third kappa shape index (κ3) is 6.11. The molecular formula is C21H16FN5O5S. The van der Waals surface area contributed by atoms with Crippen LogP contribution in [0.15, 0.2) is 65.7 Å². The summed E-state index contributed by atoms with van der Waals surface area (Å²) in [5, 5.41) is 16.3. The predicted molar refractivity (Wildman–Crippen MR) is 120 cm³/mol. The molecule has 0 fully saturated rings. The number of carbonyl (C=O) groups is 3. The summed E-state index contributed by atoms with van der Waals surface area (Å²) in [6, 6.07) is 11.8. The average molecular weight is 469 g/mol. The van der Waals surface area contributed by atoms with E-state index in [9.17, 15) is 28.9 Å². The Bertz CT molecular complexity index is 1240. The van der Waals surface area contributed by atoms with Gasteiger partial charge in [0.1, 0.15) is 11.5 Å². The van der Waals surface area contributed by atoms with Crippen LogP contribution in [0.4, 0.5) is 21.5 Å². The molecule has 0 aliphatic heterocycles. The minimum atomic E-state index is -0.821. The Kier molecular flexibility index (Phi) is 7.31. The number of nitrogens with two attached hydrogens (primary N) is 1. The van der Waals surface area contributed by atoms with Gasteiger partial charge in [0.25, 0.3) is 11.6 Å². The van der Waals surface area contributed by atoms with Gasteiger partial charge in [-0.1, -0.05) is 6.07 Å². The van der Waals surface area contributed by atoms with E-state index in [1.165, 1.54) is 30.5 Å². The van der Waals surface area contributed by atoms with Gasteiger partial charge in [-0.05, 0) is 42.5 Å². The number of thioether (sulfide) groups is 1. The van der Waals surface area contributed by atoms with Crippen LogP contribution in [0.1, 0.15) is 20.8 Å². The van der Waals surface area contributed by atoms with Gasteiger partial charge in [-0.3, -0.25) is 29.5 Å². The fourth-order valence-corrected chi connectivity index (χ4v) is 3.48. The highest BCUT2D eigenvalue weighted by Gasteiger charge is 2.19. The van der Waals surface area contributed by atoms with Crippen LogP contribution in [-0.2, 0) is 4.79 Å². The van der Waals surface area contributed by atoms with Crippen molar-refractivity contribution in [3.63, 3.8) is 0 Å². The van der Waals surface area contributed by atoms with E-state index in [1.54, 1.807) is 12.1 Å². The summed E-state index contributed by atoms with van der Waals surface area (Å²) >= 11 is 0.847. The molecule has 10 nitrogen and oxygen atoms in total. The number of rotatable bonds is 8. The van der Waals surface area contributed by atoms with Gasteiger partial charge in [0, 0.05) is 17.8 Å². The summed E-state index contributed by atoms with van der Waals surface area (Å²) < 4.78 is 13.8. The van der Waals surface area contributed by atoms with Crippen molar-refractivity contribution < 1.29 is 23.7 Å². The zero-order valence-corrected chi connectivity index (χ0v) is 17.6. The molecule has 1 aromatic heterocycles. The SMILES string of the molecule is NC(=O)c1ccc(SCC(=O)Nc2cc(F)ccc2NC(=O)c2ccccn2)c([N+](=O)[O-])c1. The van der Waals surface area contributed by atoms with E-state index in [-0.39, 0.29) is 39.0 Å². The second-order valence-corrected chi connectivity index (χ2v) is 7.52. The monoisotopic (exact) mass is 469 g/mol. The lowest BCUT2D eigenvalue weighted by Gasteiger charge is -2.12. The molecule has 0 saturated heterocycles. The highest BCUT2D eigenvalue weighted by Crippen LogP contribution is 2.31. The largest absolute Gasteiger partial charge is 0.366 e. The van der Waals surface area contributed by atoms with Crippen molar-refractivity contribution in [1.29, 1.82) is 0 Å². The second-order valence-electron chi connectivity index (χ2n) is 6.50. The summed E-state index contributed by atoms with van der Waals surface area (Å²) in [5.74, 6) is -2.89. The minimum absolute atomic E-state index is 0.00320. The Morgan fingerprint density at radius 3 is 2.52 bits per heavy atom. The predicted octanol–water partition coefficient (Wildman–Crippen LogP) is 3.21. The number of benzene rings is 2. The molecule has 3 amide bonds. The molecule has 0 radical (unpaired) electrons. The highest BCUT2D eigenvalue weighted by atomic mass is 32.2. The van der Waals surface area contributed by atoms with Crippen molar-refractivity contribution in [3.05, 3.63) is 88.0 Å². The van der Waals surface area contributed by atoms with Crippen LogP contribution in [0.3, 0.4) is 0 Å². The smallest absolute Gasteiger partial charge is 0.283 e. The molecule has 0 spiro atoms. The fourth-order valence-electron chi connectivity index (χ4n) is 2.68. The first kappa shape index (κ1) is 23.3. The first-order chi connectivity index (χ1) is 15.7. The number of anilines is 2. The lowest BCUT2D eigenvalue weighted by molar-refractivity contribution is -0.387. The Morgan fingerprint density at radius 2 is 1.85 bits per heavy atom. The molecule has 12 heteroatoms. The lowest BCUT2D eigenvalue weighted by atomic mass is 10.2. The van der Waals surface area contributed by atoms with Gasteiger partial charge in [-0.25, -0.2) is 4.39 Å². The number of aromatic nitrogens is 1. The van der Waals surface area contributed by atoms with Crippen molar-refractivity contribution in [1.82, 2.24) is 4.98 Å². The Balaban J connectivity index is 1.72. The summed E-state index contributed by atoms with van der Waals surface area (Å²) in [7, 11) is 0. The molecule has 0 atom stereocenters. The zero-order valence-electron chi connectivity index (χ0n) is 16.8. The van der Waals surface area contributed by atoms with E-state index in [4.69, 9.17) is 5.73 Å². The third-order valence-electron chi connectivity index (χ3n) is 4.20. The van der Waals surface area contributed by atoms with Crippen LogP contribution >= 0.6 is 11.8 Å². The molecule has 0 unspecified atom stereocenters. The summed E-state index contributed by atoms with van der Waals surface area (Å²) in [5.41, 5.74) is 5.00. The van der Waals surface area contributed by atoms with E-state index >= 15 is 0 Å². The number of nitro benzene ring substituents is 1. The normalized spacial score (nSPS) is 10.3. The topological polar surface area (TPSA) is 157 Å². The van der Waals surface area contributed by atoms with Gasteiger partial charge in [0.05, 0.1) is 26.9 Å². The zero-order chi connectivity index (χ0) is 24.0. The molecular weight excluding hydrogens is 453 g/mol. The Labute approximate surface area is 190 Å². The molecule has 2 aromatic carbocycles. The van der Waals surface area contributed by atoms with Crippen LogP contribution in [0, 0.1) is 15.9 Å². The van der Waals surface area contributed by atoms with Crippen molar-refractivity contribution in [2.75, 3.05) is 16.4 Å².